The molecular weight excluding hydrogens is 244 g/mol. The van der Waals surface area contributed by atoms with Crippen molar-refractivity contribution in [1.82, 2.24) is 9.55 Å². The standard InChI is InChI=1S/C10H14N2O4S/c1-5-8(15)6(4-13)16-9(5)12-3-2-7(14)11-10(12)17/h2-3,5-6,8-9,13,15H,4H2,1H3,(H,11,14,17)/t5-,6+,8?,9+/m0/s1. The Bertz CT molecular complexity index is 512. The second kappa shape index (κ2) is 4.69. The van der Waals surface area contributed by atoms with Crippen LogP contribution in [0.25, 0.3) is 0 Å². The van der Waals surface area contributed by atoms with Crippen molar-refractivity contribution in [2.24, 2.45) is 5.92 Å². The number of hydrogen-bond acceptors (Lipinski definition) is 5. The monoisotopic (exact) mass is 258 g/mol. The van der Waals surface area contributed by atoms with Gasteiger partial charge in [-0.1, -0.05) is 6.92 Å². The summed E-state index contributed by atoms with van der Waals surface area (Å²) >= 11 is 5.03. The van der Waals surface area contributed by atoms with E-state index < -0.39 is 18.4 Å². The van der Waals surface area contributed by atoms with Crippen molar-refractivity contribution in [3.63, 3.8) is 0 Å². The first kappa shape index (κ1) is 12.4. The van der Waals surface area contributed by atoms with E-state index in [9.17, 15) is 9.90 Å². The van der Waals surface area contributed by atoms with Crippen molar-refractivity contribution in [3.8, 4) is 0 Å². The van der Waals surface area contributed by atoms with Gasteiger partial charge in [0.1, 0.15) is 12.3 Å². The van der Waals surface area contributed by atoms with Crippen molar-refractivity contribution in [2.45, 2.75) is 25.4 Å². The first-order valence-electron chi connectivity index (χ1n) is 5.30. The summed E-state index contributed by atoms with van der Waals surface area (Å²) in [5.74, 6) is -0.218. The van der Waals surface area contributed by atoms with E-state index in [-0.39, 0.29) is 22.9 Å². The Balaban J connectivity index is 2.35. The zero-order valence-electron chi connectivity index (χ0n) is 9.24. The minimum Gasteiger partial charge on any atom is -0.394 e. The van der Waals surface area contributed by atoms with Gasteiger partial charge in [-0.2, -0.15) is 0 Å². The molecule has 0 aliphatic carbocycles. The Morgan fingerprint density at radius 3 is 2.88 bits per heavy atom. The molecular formula is C10H14N2O4S. The van der Waals surface area contributed by atoms with Crippen LogP contribution in [0.4, 0.5) is 0 Å². The second-order valence-electron chi connectivity index (χ2n) is 4.11. The quantitative estimate of drug-likeness (QED) is 0.639. The van der Waals surface area contributed by atoms with Gasteiger partial charge in [-0.15, -0.1) is 0 Å². The van der Waals surface area contributed by atoms with Gasteiger partial charge in [-0.3, -0.25) is 14.3 Å². The van der Waals surface area contributed by atoms with Gasteiger partial charge >= 0.3 is 0 Å². The topological polar surface area (TPSA) is 87.5 Å². The van der Waals surface area contributed by atoms with Crippen molar-refractivity contribution in [2.75, 3.05) is 6.61 Å². The van der Waals surface area contributed by atoms with Gasteiger partial charge in [-0.05, 0) is 12.2 Å². The number of hydrogen-bond donors (Lipinski definition) is 3. The van der Waals surface area contributed by atoms with E-state index in [2.05, 4.69) is 4.98 Å². The van der Waals surface area contributed by atoms with Gasteiger partial charge in [0.25, 0.3) is 5.56 Å². The molecule has 0 spiro atoms. The Morgan fingerprint density at radius 1 is 1.65 bits per heavy atom. The molecule has 0 saturated carbocycles. The zero-order valence-corrected chi connectivity index (χ0v) is 10.1. The van der Waals surface area contributed by atoms with Crippen LogP contribution in [0.1, 0.15) is 13.2 Å². The largest absolute Gasteiger partial charge is 0.394 e. The predicted octanol–water partition coefficient (Wildman–Crippen LogP) is -0.207. The smallest absolute Gasteiger partial charge is 0.251 e. The number of H-pyrrole nitrogens is 1. The van der Waals surface area contributed by atoms with E-state index >= 15 is 0 Å². The van der Waals surface area contributed by atoms with Crippen LogP contribution in [0.3, 0.4) is 0 Å². The molecule has 0 aromatic carbocycles. The molecule has 0 radical (unpaired) electrons. The van der Waals surface area contributed by atoms with Crippen molar-refractivity contribution in [3.05, 3.63) is 27.4 Å². The summed E-state index contributed by atoms with van der Waals surface area (Å²) < 4.78 is 7.32. The second-order valence-corrected chi connectivity index (χ2v) is 4.50. The Kier molecular flexibility index (Phi) is 3.43. The van der Waals surface area contributed by atoms with Crippen LogP contribution >= 0.6 is 12.2 Å². The zero-order chi connectivity index (χ0) is 12.6. The van der Waals surface area contributed by atoms with Gasteiger partial charge in [0.15, 0.2) is 4.77 Å². The lowest BCUT2D eigenvalue weighted by Gasteiger charge is -2.18. The SMILES string of the molecule is C[C@H]1C(O)[C@@H](CO)O[C@H]1n1ccc(=O)[nH]c1=S. The van der Waals surface area contributed by atoms with E-state index in [1.54, 1.807) is 11.5 Å². The highest BCUT2D eigenvalue weighted by molar-refractivity contribution is 7.71. The minimum absolute atomic E-state index is 0.218. The highest BCUT2D eigenvalue weighted by Crippen LogP contribution is 2.33. The van der Waals surface area contributed by atoms with Crippen LogP contribution in [0.15, 0.2) is 17.1 Å². The molecule has 1 fully saturated rings. The number of nitrogens with one attached hydrogen (secondary N) is 1. The molecule has 2 rings (SSSR count). The maximum atomic E-state index is 11.1. The number of rotatable bonds is 2. The van der Waals surface area contributed by atoms with E-state index in [1.165, 1.54) is 12.3 Å². The number of aromatic amines is 1. The summed E-state index contributed by atoms with van der Waals surface area (Å²) in [5.41, 5.74) is -0.281. The van der Waals surface area contributed by atoms with E-state index in [4.69, 9.17) is 22.1 Å². The van der Waals surface area contributed by atoms with Gasteiger partial charge in [0, 0.05) is 18.2 Å². The highest BCUT2D eigenvalue weighted by atomic mass is 32.1. The van der Waals surface area contributed by atoms with Gasteiger partial charge in [0.2, 0.25) is 0 Å². The van der Waals surface area contributed by atoms with Crippen LogP contribution in [-0.4, -0.2) is 38.6 Å². The molecule has 4 atom stereocenters. The summed E-state index contributed by atoms with van der Waals surface area (Å²) in [7, 11) is 0. The Morgan fingerprint density at radius 2 is 2.35 bits per heavy atom. The lowest BCUT2D eigenvalue weighted by molar-refractivity contribution is -0.0470. The van der Waals surface area contributed by atoms with Crippen LogP contribution < -0.4 is 5.56 Å². The van der Waals surface area contributed by atoms with Crippen LogP contribution in [-0.2, 0) is 4.74 Å². The minimum atomic E-state index is -0.751. The fourth-order valence-electron chi connectivity index (χ4n) is 1.99. The average molecular weight is 258 g/mol. The molecule has 1 aliphatic heterocycles. The van der Waals surface area contributed by atoms with Crippen molar-refractivity contribution >= 4 is 12.2 Å². The molecule has 0 bridgehead atoms. The lowest BCUT2D eigenvalue weighted by atomic mass is 10.0. The molecule has 1 saturated heterocycles. The molecule has 1 aliphatic rings. The number of aliphatic hydroxyl groups is 2. The molecule has 17 heavy (non-hydrogen) atoms. The number of aliphatic hydroxyl groups excluding tert-OH is 2. The first-order chi connectivity index (χ1) is 8.04. The Labute approximate surface area is 102 Å². The van der Waals surface area contributed by atoms with Gasteiger partial charge < -0.3 is 14.9 Å². The third kappa shape index (κ3) is 2.19. The fourth-order valence-corrected chi connectivity index (χ4v) is 2.25. The highest BCUT2D eigenvalue weighted by Gasteiger charge is 2.41. The van der Waals surface area contributed by atoms with Gasteiger partial charge in [0.05, 0.1) is 12.7 Å². The lowest BCUT2D eigenvalue weighted by Crippen LogP contribution is -2.28. The van der Waals surface area contributed by atoms with E-state index in [1.807, 2.05) is 0 Å². The predicted molar refractivity (Wildman–Crippen MR) is 62.1 cm³/mol. The summed E-state index contributed by atoms with van der Waals surface area (Å²) in [6.45, 7) is 1.55. The van der Waals surface area contributed by atoms with Crippen LogP contribution in [0.5, 0.6) is 0 Å². The van der Waals surface area contributed by atoms with Crippen LogP contribution in [0, 0.1) is 10.7 Å². The molecule has 94 valence electrons. The maximum absolute atomic E-state index is 11.1. The molecule has 2 heterocycles. The molecule has 1 aromatic heterocycles. The number of nitrogens with zero attached hydrogens (tertiary/aromatic N) is 1. The molecule has 6 nitrogen and oxygen atoms in total. The van der Waals surface area contributed by atoms with Crippen LogP contribution in [0.2, 0.25) is 0 Å². The molecule has 0 amide bonds. The molecule has 7 heteroatoms. The summed E-state index contributed by atoms with van der Waals surface area (Å²) in [4.78, 5) is 13.5. The average Bonchev–Trinajstić information content (AvgIpc) is 2.57. The summed E-state index contributed by atoms with van der Waals surface area (Å²) in [5, 5.41) is 18.9. The summed E-state index contributed by atoms with van der Waals surface area (Å²) in [6, 6.07) is 1.34. The fraction of sp³-hybridized carbons (Fsp3) is 0.600. The Hall–Kier alpha value is -1.02. The first-order valence-corrected chi connectivity index (χ1v) is 5.71. The normalized spacial score (nSPS) is 32.9. The maximum Gasteiger partial charge on any atom is 0.251 e. The number of aromatic nitrogens is 2. The third-order valence-electron chi connectivity index (χ3n) is 2.99. The van der Waals surface area contributed by atoms with Crippen molar-refractivity contribution < 1.29 is 14.9 Å². The van der Waals surface area contributed by atoms with E-state index in [0.717, 1.165) is 0 Å². The third-order valence-corrected chi connectivity index (χ3v) is 3.30. The molecule has 3 N–H and O–H groups in total. The van der Waals surface area contributed by atoms with E-state index in [0.29, 0.717) is 0 Å². The van der Waals surface area contributed by atoms with Gasteiger partial charge in [-0.25, -0.2) is 0 Å². The van der Waals surface area contributed by atoms with Crippen molar-refractivity contribution in [1.29, 1.82) is 0 Å². The molecule has 1 unspecified atom stereocenters. The summed E-state index contributed by atoms with van der Waals surface area (Å²) in [6.07, 6.45) is -0.330. The number of ether oxygens (including phenoxy) is 1. The molecule has 1 aromatic rings.